The van der Waals surface area contributed by atoms with Crippen molar-refractivity contribution in [2.24, 2.45) is 0 Å². The van der Waals surface area contributed by atoms with Crippen molar-refractivity contribution in [2.75, 3.05) is 26.4 Å². The third-order valence-electron chi connectivity index (χ3n) is 4.85. The van der Waals surface area contributed by atoms with E-state index in [0.29, 0.717) is 32.0 Å². The minimum Gasteiger partial charge on any atom is -0.454 e. The first-order chi connectivity index (χ1) is 12.2. The number of nitrogens with one attached hydrogen (secondary N) is 2. The van der Waals surface area contributed by atoms with Crippen LogP contribution in [0, 0.1) is 0 Å². The molecule has 1 atom stereocenters. The number of ether oxygens (including phenoxy) is 2. The molecule has 2 N–H and O–H groups in total. The Hall–Kier alpha value is -2.28. The van der Waals surface area contributed by atoms with E-state index in [0.717, 1.165) is 36.4 Å². The Balaban J connectivity index is 1.36. The number of piperazine rings is 1. The Labute approximate surface area is 146 Å². The fraction of sp³-hybridized carbons (Fsp3) is 0.556. The highest BCUT2D eigenvalue weighted by atomic mass is 16.7. The van der Waals surface area contributed by atoms with Gasteiger partial charge in [0, 0.05) is 32.1 Å². The first kappa shape index (κ1) is 16.2. The lowest BCUT2D eigenvalue weighted by atomic mass is 10.1. The minimum atomic E-state index is -0.404. The van der Waals surface area contributed by atoms with Crippen LogP contribution < -0.4 is 20.1 Å². The van der Waals surface area contributed by atoms with Crippen LogP contribution in [0.5, 0.6) is 11.5 Å². The monoisotopic (exact) mass is 345 g/mol. The maximum absolute atomic E-state index is 12.7. The third-order valence-corrected chi connectivity index (χ3v) is 4.85. The van der Waals surface area contributed by atoms with E-state index < -0.39 is 6.04 Å². The normalized spacial score (nSPS) is 21.9. The quantitative estimate of drug-likeness (QED) is 0.809. The van der Waals surface area contributed by atoms with E-state index in [2.05, 4.69) is 10.6 Å². The molecule has 25 heavy (non-hydrogen) atoms. The molecule has 0 radical (unpaired) electrons. The van der Waals surface area contributed by atoms with Crippen molar-refractivity contribution in [3.8, 4) is 11.5 Å². The van der Waals surface area contributed by atoms with Gasteiger partial charge in [0.25, 0.3) is 0 Å². The molecular formula is C18H23N3O4. The van der Waals surface area contributed by atoms with Gasteiger partial charge in [-0.05, 0) is 37.0 Å². The Morgan fingerprint density at radius 2 is 2.08 bits per heavy atom. The van der Waals surface area contributed by atoms with E-state index in [-0.39, 0.29) is 18.6 Å². The minimum absolute atomic E-state index is 0.0233. The number of hydrogen-bond acceptors (Lipinski definition) is 5. The Morgan fingerprint density at radius 3 is 2.92 bits per heavy atom. The van der Waals surface area contributed by atoms with Gasteiger partial charge in [-0.1, -0.05) is 6.07 Å². The zero-order chi connectivity index (χ0) is 17.2. The van der Waals surface area contributed by atoms with Gasteiger partial charge in [-0.2, -0.15) is 0 Å². The highest BCUT2D eigenvalue weighted by Gasteiger charge is 2.34. The summed E-state index contributed by atoms with van der Waals surface area (Å²) >= 11 is 0. The number of nitrogens with zero attached hydrogens (tertiary/aromatic N) is 1. The summed E-state index contributed by atoms with van der Waals surface area (Å²) in [6.45, 7) is 2.07. The predicted octanol–water partition coefficient (Wildman–Crippen LogP) is 0.427. The summed E-state index contributed by atoms with van der Waals surface area (Å²) in [5.74, 6) is 1.46. The van der Waals surface area contributed by atoms with Gasteiger partial charge in [-0.3, -0.25) is 9.59 Å². The standard InChI is InChI=1S/C18H23N3O4/c22-17(6-2-12-1-5-15-16(9-12)25-11-24-15)21-8-7-19-10-14(21)18(23)20-13-3-4-13/h1,5,9,13-14,19H,2-4,6-8,10-11H2,(H,20,23)/t14-/m0/s1. The van der Waals surface area contributed by atoms with Crippen molar-refractivity contribution in [2.45, 2.75) is 37.8 Å². The van der Waals surface area contributed by atoms with Crippen LogP contribution in [0.2, 0.25) is 0 Å². The number of aryl methyl sites for hydroxylation is 1. The second-order valence-corrected chi connectivity index (χ2v) is 6.78. The summed E-state index contributed by atoms with van der Waals surface area (Å²) in [7, 11) is 0. The summed E-state index contributed by atoms with van der Waals surface area (Å²) in [5, 5.41) is 6.22. The van der Waals surface area contributed by atoms with Gasteiger partial charge < -0.3 is 25.0 Å². The molecule has 2 heterocycles. The molecule has 4 rings (SSSR count). The van der Waals surface area contributed by atoms with Crippen molar-refractivity contribution in [1.29, 1.82) is 0 Å². The number of rotatable bonds is 5. The molecule has 3 aliphatic rings. The lowest BCUT2D eigenvalue weighted by Gasteiger charge is -2.35. The zero-order valence-electron chi connectivity index (χ0n) is 14.1. The maximum atomic E-state index is 12.7. The molecule has 1 saturated heterocycles. The van der Waals surface area contributed by atoms with Gasteiger partial charge in [0.2, 0.25) is 18.6 Å². The van der Waals surface area contributed by atoms with Crippen LogP contribution in [0.4, 0.5) is 0 Å². The van der Waals surface area contributed by atoms with Gasteiger partial charge in [0.15, 0.2) is 11.5 Å². The number of carbonyl (C=O) groups excluding carboxylic acids is 2. The highest BCUT2D eigenvalue weighted by Crippen LogP contribution is 2.32. The molecule has 0 unspecified atom stereocenters. The van der Waals surface area contributed by atoms with E-state index in [1.807, 2.05) is 18.2 Å². The summed E-state index contributed by atoms with van der Waals surface area (Å²) in [6.07, 6.45) is 3.09. The van der Waals surface area contributed by atoms with Crippen LogP contribution in [-0.2, 0) is 16.0 Å². The second kappa shape index (κ2) is 6.92. The SMILES string of the molecule is O=C(NC1CC1)[C@@H]1CNCCN1C(=O)CCc1ccc2c(c1)OCO2. The van der Waals surface area contributed by atoms with E-state index in [4.69, 9.17) is 9.47 Å². The smallest absolute Gasteiger partial charge is 0.244 e. The van der Waals surface area contributed by atoms with Crippen molar-refractivity contribution >= 4 is 11.8 Å². The summed E-state index contributed by atoms with van der Waals surface area (Å²) in [6, 6.07) is 5.65. The maximum Gasteiger partial charge on any atom is 0.244 e. The van der Waals surface area contributed by atoms with E-state index in [1.165, 1.54) is 0 Å². The van der Waals surface area contributed by atoms with E-state index in [9.17, 15) is 9.59 Å². The van der Waals surface area contributed by atoms with Gasteiger partial charge in [-0.15, -0.1) is 0 Å². The average molecular weight is 345 g/mol. The first-order valence-corrected chi connectivity index (χ1v) is 8.90. The molecule has 2 fully saturated rings. The highest BCUT2D eigenvalue weighted by molar-refractivity contribution is 5.88. The largest absolute Gasteiger partial charge is 0.454 e. The first-order valence-electron chi connectivity index (χ1n) is 8.90. The van der Waals surface area contributed by atoms with Gasteiger partial charge in [0.05, 0.1) is 0 Å². The number of fused-ring (bicyclic) bond motifs is 1. The molecule has 0 spiro atoms. The van der Waals surface area contributed by atoms with Crippen LogP contribution in [0.15, 0.2) is 18.2 Å². The van der Waals surface area contributed by atoms with Gasteiger partial charge in [-0.25, -0.2) is 0 Å². The Kier molecular flexibility index (Phi) is 4.48. The molecule has 1 aromatic carbocycles. The molecular weight excluding hydrogens is 322 g/mol. The predicted molar refractivity (Wildman–Crippen MR) is 90.4 cm³/mol. The molecule has 1 saturated carbocycles. The number of amides is 2. The zero-order valence-corrected chi connectivity index (χ0v) is 14.1. The fourth-order valence-electron chi connectivity index (χ4n) is 3.25. The molecule has 7 nitrogen and oxygen atoms in total. The summed E-state index contributed by atoms with van der Waals surface area (Å²) < 4.78 is 10.7. The Morgan fingerprint density at radius 1 is 1.24 bits per heavy atom. The molecule has 7 heteroatoms. The second-order valence-electron chi connectivity index (χ2n) is 6.78. The number of benzene rings is 1. The molecule has 2 amide bonds. The molecule has 1 aromatic rings. The summed E-state index contributed by atoms with van der Waals surface area (Å²) in [5.41, 5.74) is 1.03. The number of hydrogen-bond donors (Lipinski definition) is 2. The van der Waals surface area contributed by atoms with Crippen LogP contribution in [0.1, 0.15) is 24.8 Å². The molecule has 2 aliphatic heterocycles. The van der Waals surface area contributed by atoms with Gasteiger partial charge in [0.1, 0.15) is 6.04 Å². The third kappa shape index (κ3) is 3.71. The lowest BCUT2D eigenvalue weighted by molar-refractivity contribution is -0.141. The van der Waals surface area contributed by atoms with E-state index in [1.54, 1.807) is 4.90 Å². The van der Waals surface area contributed by atoms with Crippen LogP contribution in [0.25, 0.3) is 0 Å². The molecule has 0 aromatic heterocycles. The van der Waals surface area contributed by atoms with E-state index >= 15 is 0 Å². The topological polar surface area (TPSA) is 79.9 Å². The Bertz CT molecular complexity index is 674. The van der Waals surface area contributed by atoms with Crippen molar-refractivity contribution < 1.29 is 19.1 Å². The van der Waals surface area contributed by atoms with Crippen molar-refractivity contribution in [1.82, 2.24) is 15.5 Å². The van der Waals surface area contributed by atoms with Crippen molar-refractivity contribution in [3.63, 3.8) is 0 Å². The summed E-state index contributed by atoms with van der Waals surface area (Å²) in [4.78, 5) is 26.8. The number of carbonyl (C=O) groups is 2. The van der Waals surface area contributed by atoms with Crippen molar-refractivity contribution in [3.05, 3.63) is 23.8 Å². The van der Waals surface area contributed by atoms with Crippen LogP contribution in [-0.4, -0.2) is 55.2 Å². The van der Waals surface area contributed by atoms with Crippen LogP contribution >= 0.6 is 0 Å². The van der Waals surface area contributed by atoms with Crippen LogP contribution in [0.3, 0.4) is 0 Å². The van der Waals surface area contributed by atoms with Gasteiger partial charge >= 0.3 is 0 Å². The fourth-order valence-corrected chi connectivity index (χ4v) is 3.25. The molecule has 1 aliphatic carbocycles. The lowest BCUT2D eigenvalue weighted by Crippen LogP contribution is -2.59. The molecule has 0 bridgehead atoms. The average Bonchev–Trinajstić information content (AvgIpc) is 3.32. The molecule has 134 valence electrons.